The van der Waals surface area contributed by atoms with Crippen molar-refractivity contribution in [3.8, 4) is 0 Å². The fourth-order valence-corrected chi connectivity index (χ4v) is 7.47. The van der Waals surface area contributed by atoms with Crippen LogP contribution < -0.4 is 9.62 Å². The van der Waals surface area contributed by atoms with E-state index in [1.165, 1.54) is 19.1 Å². The van der Waals surface area contributed by atoms with Gasteiger partial charge in [0.2, 0.25) is 15.9 Å². The summed E-state index contributed by atoms with van der Waals surface area (Å²) in [5, 5.41) is 40.0. The number of aliphatic hydroxyl groups excluding tert-OH is 3. The zero-order chi connectivity index (χ0) is 38.4. The molecule has 2 aliphatic rings. The summed E-state index contributed by atoms with van der Waals surface area (Å²) in [5.41, 5.74) is 3.91. The number of hydrogen-bond acceptors (Lipinski definition) is 10. The predicted octanol–water partition coefficient (Wildman–Crippen LogP) is 2.96. The Kier molecular flexibility index (Phi) is 13.0. The van der Waals surface area contributed by atoms with Gasteiger partial charge in [-0.1, -0.05) is 48.5 Å². The van der Waals surface area contributed by atoms with Gasteiger partial charge >= 0.3 is 11.9 Å². The minimum Gasteiger partial charge on any atom is -0.479 e. The molecule has 0 aromatic heterocycles. The van der Waals surface area contributed by atoms with E-state index in [1.807, 2.05) is 48.5 Å². The standard InChI is InChI=1S/C38H45FN2O11S/c1-22(42)51-30(25-12-14-27(39)15-13-25)20-18-29-32(41(37(29)46)28-16-7-23(8-17-28)4-3-21-40-53(2,49)50)26-10-5-24(6-11-26)9-19-31-33(43)34(44)35(45)36(52-31)38(47)48/h5-8,10-17,29-36,40,43-45H,3-4,9,18-21H2,1-2H3,(H,47,48)/t29?,30-,31?,32+,33-,34+,35-,36-/m0/s1. The average molecular weight is 757 g/mol. The minimum atomic E-state index is -3.28. The number of amides is 1. The SMILES string of the molecule is CC(=O)O[C@@H](CCC1C(=O)N(c2ccc(CCCNS(C)(=O)=O)cc2)[C@@H]1c1ccc(CCC2O[C@H](C(=O)O)[C@@H](O)[C@H](O)[C@H]2O)cc1)c1ccc(F)cc1. The van der Waals surface area contributed by atoms with Crippen molar-refractivity contribution in [2.24, 2.45) is 5.92 Å². The van der Waals surface area contributed by atoms with E-state index in [2.05, 4.69) is 4.72 Å². The monoisotopic (exact) mass is 756 g/mol. The second-order valence-corrected chi connectivity index (χ2v) is 15.4. The van der Waals surface area contributed by atoms with Gasteiger partial charge in [0.05, 0.1) is 24.3 Å². The third-order valence-corrected chi connectivity index (χ3v) is 10.4. The third kappa shape index (κ3) is 10.0. The average Bonchev–Trinajstić information content (AvgIpc) is 3.11. The van der Waals surface area contributed by atoms with Crippen molar-refractivity contribution in [3.05, 3.63) is 101 Å². The maximum Gasteiger partial charge on any atom is 0.335 e. The third-order valence-electron chi connectivity index (χ3n) is 9.72. The van der Waals surface area contributed by atoms with E-state index in [0.717, 1.165) is 22.9 Å². The number of benzene rings is 3. The smallest absolute Gasteiger partial charge is 0.335 e. The molecule has 2 saturated heterocycles. The maximum absolute atomic E-state index is 13.8. The van der Waals surface area contributed by atoms with Crippen molar-refractivity contribution in [3.63, 3.8) is 0 Å². The van der Waals surface area contributed by atoms with Gasteiger partial charge in [0.1, 0.15) is 30.2 Å². The molecule has 0 saturated carbocycles. The van der Waals surface area contributed by atoms with Crippen LogP contribution in [-0.4, -0.2) is 90.0 Å². The summed E-state index contributed by atoms with van der Waals surface area (Å²) >= 11 is 0. The van der Waals surface area contributed by atoms with Crippen LogP contribution in [0.2, 0.25) is 0 Å². The Hall–Kier alpha value is -4.25. The number of anilines is 1. The Bertz CT molecular complexity index is 1840. The number of carboxylic acid groups (broad SMARTS) is 1. The molecule has 0 bridgehead atoms. The topological polar surface area (TPSA) is 200 Å². The van der Waals surface area contributed by atoms with Gasteiger partial charge in [0.25, 0.3) is 0 Å². The molecule has 2 aliphatic heterocycles. The Morgan fingerprint density at radius 1 is 0.906 bits per heavy atom. The molecule has 15 heteroatoms. The van der Waals surface area contributed by atoms with E-state index in [1.54, 1.807) is 17.0 Å². The zero-order valence-corrected chi connectivity index (χ0v) is 30.2. The molecular formula is C38H45FN2O11S. The predicted molar refractivity (Wildman–Crippen MR) is 191 cm³/mol. The van der Waals surface area contributed by atoms with E-state index in [4.69, 9.17) is 9.47 Å². The Morgan fingerprint density at radius 2 is 1.53 bits per heavy atom. The van der Waals surface area contributed by atoms with Crippen molar-refractivity contribution in [2.45, 2.75) is 88.1 Å². The van der Waals surface area contributed by atoms with Crippen molar-refractivity contribution in [2.75, 3.05) is 17.7 Å². The number of carbonyl (C=O) groups excluding carboxylic acids is 2. The highest BCUT2D eigenvalue weighted by molar-refractivity contribution is 7.88. The van der Waals surface area contributed by atoms with Crippen LogP contribution >= 0.6 is 0 Å². The first-order chi connectivity index (χ1) is 25.1. The van der Waals surface area contributed by atoms with Crippen LogP contribution in [-0.2, 0) is 46.7 Å². The molecule has 5 N–H and O–H groups in total. The second kappa shape index (κ2) is 17.3. The largest absolute Gasteiger partial charge is 0.479 e. The first-order valence-electron chi connectivity index (χ1n) is 17.4. The van der Waals surface area contributed by atoms with Gasteiger partial charge in [-0.15, -0.1) is 0 Å². The summed E-state index contributed by atoms with van der Waals surface area (Å²) in [7, 11) is -3.28. The number of nitrogens with zero attached hydrogens (tertiary/aromatic N) is 1. The van der Waals surface area contributed by atoms with Crippen LogP contribution in [0, 0.1) is 11.7 Å². The molecular weight excluding hydrogens is 711 g/mol. The molecule has 0 aliphatic carbocycles. The molecule has 2 unspecified atom stereocenters. The van der Waals surface area contributed by atoms with Crippen LogP contribution in [0.3, 0.4) is 0 Å². The van der Waals surface area contributed by atoms with Crippen LogP contribution in [0.5, 0.6) is 0 Å². The quantitative estimate of drug-likeness (QED) is 0.0818. The van der Waals surface area contributed by atoms with Crippen molar-refractivity contribution in [1.82, 2.24) is 4.72 Å². The summed E-state index contributed by atoms with van der Waals surface area (Å²) in [6.07, 6.45) is -4.77. The molecule has 5 rings (SSSR count). The summed E-state index contributed by atoms with van der Waals surface area (Å²) in [4.78, 5) is 39.0. The summed E-state index contributed by atoms with van der Waals surface area (Å²) < 4.78 is 49.9. The molecule has 3 aromatic rings. The lowest BCUT2D eigenvalue weighted by Crippen LogP contribution is -2.59. The molecule has 3 aromatic carbocycles. The summed E-state index contributed by atoms with van der Waals surface area (Å²) in [6, 6.07) is 20.3. The molecule has 53 heavy (non-hydrogen) atoms. The number of carbonyl (C=O) groups is 3. The lowest BCUT2D eigenvalue weighted by atomic mass is 9.78. The van der Waals surface area contributed by atoms with E-state index >= 15 is 0 Å². The number of carboxylic acids is 1. The second-order valence-electron chi connectivity index (χ2n) is 13.6. The van der Waals surface area contributed by atoms with Gasteiger partial charge < -0.3 is 34.8 Å². The van der Waals surface area contributed by atoms with E-state index < -0.39 is 70.3 Å². The van der Waals surface area contributed by atoms with Crippen LogP contribution in [0.1, 0.15) is 67.0 Å². The number of aryl methyl sites for hydroxylation is 2. The number of β-lactam (4-membered cyclic amide) rings is 1. The van der Waals surface area contributed by atoms with Gasteiger partial charge in [0, 0.05) is 19.2 Å². The lowest BCUT2D eigenvalue weighted by Gasteiger charge is -2.48. The van der Waals surface area contributed by atoms with E-state index in [-0.39, 0.29) is 18.4 Å². The molecule has 2 fully saturated rings. The van der Waals surface area contributed by atoms with Crippen molar-refractivity contribution >= 4 is 33.6 Å². The van der Waals surface area contributed by atoms with E-state index in [9.17, 15) is 47.6 Å². The molecule has 13 nitrogen and oxygen atoms in total. The van der Waals surface area contributed by atoms with E-state index in [0.29, 0.717) is 49.9 Å². The van der Waals surface area contributed by atoms with Gasteiger partial charge in [-0.2, -0.15) is 0 Å². The van der Waals surface area contributed by atoms with Gasteiger partial charge in [-0.3, -0.25) is 9.59 Å². The molecule has 0 radical (unpaired) electrons. The number of aliphatic hydroxyl groups is 3. The zero-order valence-electron chi connectivity index (χ0n) is 29.4. The molecule has 1 amide bonds. The van der Waals surface area contributed by atoms with Gasteiger partial charge in [-0.25, -0.2) is 22.3 Å². The molecule has 8 atom stereocenters. The number of nitrogens with one attached hydrogen (secondary N) is 1. The van der Waals surface area contributed by atoms with Gasteiger partial charge in [-0.05, 0) is 85.0 Å². The summed E-state index contributed by atoms with van der Waals surface area (Å²) in [6.45, 7) is 1.60. The summed E-state index contributed by atoms with van der Waals surface area (Å²) in [5.74, 6) is -2.98. The number of ether oxygens (including phenoxy) is 2. The molecule has 0 spiro atoms. The fraction of sp³-hybridized carbons (Fsp3) is 0.447. The number of aliphatic carboxylic acids is 1. The Morgan fingerprint density at radius 3 is 2.13 bits per heavy atom. The highest BCUT2D eigenvalue weighted by Gasteiger charge is 2.49. The molecule has 2 heterocycles. The Balaban J connectivity index is 1.32. The lowest BCUT2D eigenvalue weighted by molar-refractivity contribution is -0.228. The van der Waals surface area contributed by atoms with Crippen molar-refractivity contribution < 1.29 is 57.1 Å². The van der Waals surface area contributed by atoms with Crippen LogP contribution in [0.15, 0.2) is 72.8 Å². The fourth-order valence-electron chi connectivity index (χ4n) is 6.96. The molecule has 286 valence electrons. The highest BCUT2D eigenvalue weighted by atomic mass is 32.2. The van der Waals surface area contributed by atoms with Crippen LogP contribution in [0.4, 0.5) is 10.1 Å². The first kappa shape index (κ1) is 39.9. The minimum absolute atomic E-state index is 0.123. The number of esters is 1. The maximum atomic E-state index is 13.8. The van der Waals surface area contributed by atoms with Crippen molar-refractivity contribution in [1.29, 1.82) is 0 Å². The number of sulfonamides is 1. The van der Waals surface area contributed by atoms with Gasteiger partial charge in [0.15, 0.2) is 6.10 Å². The Labute approximate surface area is 307 Å². The normalized spacial score (nSPS) is 25.1. The highest BCUT2D eigenvalue weighted by Crippen LogP contribution is 2.46. The first-order valence-corrected chi connectivity index (χ1v) is 19.3. The number of rotatable bonds is 16. The van der Waals surface area contributed by atoms with Crippen LogP contribution in [0.25, 0.3) is 0 Å². The number of halogens is 1. The number of hydrogen-bond donors (Lipinski definition) is 5.